The molecule has 0 aliphatic carbocycles. The number of halogens is 2. The van der Waals surface area contributed by atoms with E-state index in [1.165, 1.54) is 53.4 Å². The lowest BCUT2D eigenvalue weighted by Gasteiger charge is -2.09. The molecule has 3 aromatic rings. The Morgan fingerprint density at radius 2 is 1.68 bits per heavy atom. The summed E-state index contributed by atoms with van der Waals surface area (Å²) in [4.78, 5) is 28.1. The van der Waals surface area contributed by atoms with Gasteiger partial charge in [-0.05, 0) is 48.5 Å². The number of rotatable bonds is 7. The van der Waals surface area contributed by atoms with Crippen LogP contribution in [0.3, 0.4) is 0 Å². The molecule has 6 nitrogen and oxygen atoms in total. The lowest BCUT2D eigenvalue weighted by atomic mass is 10.1. The first-order valence-electron chi connectivity index (χ1n) is 8.49. The van der Waals surface area contributed by atoms with E-state index >= 15 is 0 Å². The van der Waals surface area contributed by atoms with Gasteiger partial charge in [-0.2, -0.15) is 0 Å². The van der Waals surface area contributed by atoms with E-state index in [9.17, 15) is 18.4 Å². The second-order valence-electron chi connectivity index (χ2n) is 5.91. The molecule has 1 amide bonds. The van der Waals surface area contributed by atoms with E-state index < -0.39 is 0 Å². The van der Waals surface area contributed by atoms with E-state index in [4.69, 9.17) is 4.74 Å². The van der Waals surface area contributed by atoms with Crippen molar-refractivity contribution in [1.82, 2.24) is 14.9 Å². The zero-order chi connectivity index (χ0) is 19.9. The molecule has 1 aromatic heterocycles. The summed E-state index contributed by atoms with van der Waals surface area (Å²) in [6.45, 7) is 0.225. The van der Waals surface area contributed by atoms with Gasteiger partial charge in [0.15, 0.2) is 6.61 Å². The first-order valence-corrected chi connectivity index (χ1v) is 8.49. The first-order chi connectivity index (χ1) is 13.5. The van der Waals surface area contributed by atoms with Crippen molar-refractivity contribution in [3.63, 3.8) is 0 Å². The normalized spacial score (nSPS) is 10.5. The second-order valence-corrected chi connectivity index (χ2v) is 5.91. The molecule has 0 saturated carbocycles. The van der Waals surface area contributed by atoms with Crippen molar-refractivity contribution in [2.24, 2.45) is 0 Å². The van der Waals surface area contributed by atoms with Crippen LogP contribution >= 0.6 is 0 Å². The van der Waals surface area contributed by atoms with Crippen molar-refractivity contribution >= 4 is 5.91 Å². The highest BCUT2D eigenvalue weighted by molar-refractivity contribution is 5.77. The van der Waals surface area contributed by atoms with Crippen LogP contribution in [0.1, 0.15) is 0 Å². The van der Waals surface area contributed by atoms with Crippen LogP contribution in [0.25, 0.3) is 11.3 Å². The van der Waals surface area contributed by atoms with Crippen LogP contribution in [-0.4, -0.2) is 28.6 Å². The molecule has 2 aromatic carbocycles. The molecule has 3 rings (SSSR count). The molecule has 28 heavy (non-hydrogen) atoms. The van der Waals surface area contributed by atoms with Gasteiger partial charge in [-0.3, -0.25) is 14.2 Å². The Kier molecular flexibility index (Phi) is 6.11. The Morgan fingerprint density at radius 3 is 2.32 bits per heavy atom. The Bertz CT molecular complexity index is 1000. The van der Waals surface area contributed by atoms with Gasteiger partial charge in [0.2, 0.25) is 0 Å². The van der Waals surface area contributed by atoms with Crippen molar-refractivity contribution in [2.45, 2.75) is 6.54 Å². The predicted octanol–water partition coefficient (Wildman–Crippen LogP) is 2.38. The summed E-state index contributed by atoms with van der Waals surface area (Å²) >= 11 is 0. The first kappa shape index (κ1) is 19.2. The van der Waals surface area contributed by atoms with Gasteiger partial charge in [0.1, 0.15) is 17.4 Å². The number of carbonyl (C=O) groups is 1. The minimum Gasteiger partial charge on any atom is -0.484 e. The number of hydrogen-bond acceptors (Lipinski definition) is 4. The van der Waals surface area contributed by atoms with Crippen molar-refractivity contribution < 1.29 is 18.3 Å². The molecular weight excluding hydrogens is 368 g/mol. The monoisotopic (exact) mass is 385 g/mol. The Balaban J connectivity index is 1.49. The van der Waals surface area contributed by atoms with Gasteiger partial charge in [-0.1, -0.05) is 0 Å². The molecule has 0 saturated heterocycles. The highest BCUT2D eigenvalue weighted by Gasteiger charge is 2.06. The fourth-order valence-corrected chi connectivity index (χ4v) is 2.42. The zero-order valence-corrected chi connectivity index (χ0v) is 14.8. The van der Waals surface area contributed by atoms with Gasteiger partial charge >= 0.3 is 0 Å². The molecule has 0 atom stereocenters. The number of amides is 1. The Morgan fingerprint density at radius 1 is 1.04 bits per heavy atom. The SMILES string of the molecule is O=C(COc1ccc(F)cc1)NCCn1cnc(-c2ccc(F)cc2)cc1=O. The maximum absolute atomic E-state index is 13.0. The van der Waals surface area contributed by atoms with Gasteiger partial charge in [0.25, 0.3) is 11.5 Å². The number of aromatic nitrogens is 2. The van der Waals surface area contributed by atoms with E-state index in [0.717, 1.165) is 0 Å². The minimum atomic E-state index is -0.388. The molecule has 0 fully saturated rings. The van der Waals surface area contributed by atoms with Crippen LogP contribution in [0.4, 0.5) is 8.78 Å². The van der Waals surface area contributed by atoms with Gasteiger partial charge in [0.05, 0.1) is 12.0 Å². The van der Waals surface area contributed by atoms with E-state index in [2.05, 4.69) is 10.3 Å². The topological polar surface area (TPSA) is 73.2 Å². The number of nitrogens with zero attached hydrogens (tertiary/aromatic N) is 2. The largest absolute Gasteiger partial charge is 0.484 e. The van der Waals surface area contributed by atoms with Gasteiger partial charge in [0, 0.05) is 24.7 Å². The fraction of sp³-hybridized carbons (Fsp3) is 0.150. The molecular formula is C20H17F2N3O3. The molecule has 1 heterocycles. The second kappa shape index (κ2) is 8.90. The highest BCUT2D eigenvalue weighted by atomic mass is 19.1. The average molecular weight is 385 g/mol. The lowest BCUT2D eigenvalue weighted by Crippen LogP contribution is -2.33. The summed E-state index contributed by atoms with van der Waals surface area (Å²) in [5, 5.41) is 2.63. The van der Waals surface area contributed by atoms with Crippen molar-refractivity contribution in [3.05, 3.63) is 82.9 Å². The number of benzene rings is 2. The molecule has 144 valence electrons. The molecule has 1 N–H and O–H groups in total. The number of hydrogen-bond donors (Lipinski definition) is 1. The average Bonchev–Trinajstić information content (AvgIpc) is 2.69. The summed E-state index contributed by atoms with van der Waals surface area (Å²) in [6.07, 6.45) is 1.38. The number of carbonyl (C=O) groups excluding carboxylic acids is 1. The smallest absolute Gasteiger partial charge is 0.258 e. The molecule has 0 spiro atoms. The highest BCUT2D eigenvalue weighted by Crippen LogP contribution is 2.15. The summed E-state index contributed by atoms with van der Waals surface area (Å²) < 4.78 is 32.4. The summed E-state index contributed by atoms with van der Waals surface area (Å²) in [5.74, 6) is -0.737. The summed E-state index contributed by atoms with van der Waals surface area (Å²) in [5.41, 5.74) is 0.793. The molecule has 0 aliphatic rings. The van der Waals surface area contributed by atoms with Crippen LogP contribution < -0.4 is 15.6 Å². The fourth-order valence-electron chi connectivity index (χ4n) is 2.42. The third-order valence-electron chi connectivity index (χ3n) is 3.88. The predicted molar refractivity (Wildman–Crippen MR) is 98.8 cm³/mol. The van der Waals surface area contributed by atoms with E-state index in [-0.39, 0.29) is 42.8 Å². The molecule has 0 aliphatic heterocycles. The van der Waals surface area contributed by atoms with Crippen molar-refractivity contribution in [2.75, 3.05) is 13.2 Å². The third kappa shape index (κ3) is 5.23. The van der Waals surface area contributed by atoms with Crippen LogP contribution in [0.5, 0.6) is 5.75 Å². The standard InChI is InChI=1S/C20H17F2N3O3/c21-15-3-1-14(2-4-15)18-11-20(27)25(13-24-18)10-9-23-19(26)12-28-17-7-5-16(22)6-8-17/h1-8,11,13H,9-10,12H2,(H,23,26). The summed E-state index contributed by atoms with van der Waals surface area (Å²) in [6, 6.07) is 12.4. The van der Waals surface area contributed by atoms with Gasteiger partial charge in [-0.15, -0.1) is 0 Å². The van der Waals surface area contributed by atoms with Gasteiger partial charge in [-0.25, -0.2) is 13.8 Å². The van der Waals surface area contributed by atoms with Crippen molar-refractivity contribution in [3.8, 4) is 17.0 Å². The molecule has 0 unspecified atom stereocenters. The number of ether oxygens (including phenoxy) is 1. The van der Waals surface area contributed by atoms with Crippen LogP contribution in [0.15, 0.2) is 65.7 Å². The van der Waals surface area contributed by atoms with Crippen LogP contribution in [-0.2, 0) is 11.3 Å². The lowest BCUT2D eigenvalue weighted by molar-refractivity contribution is -0.123. The maximum atomic E-state index is 13.0. The molecule has 0 radical (unpaired) electrons. The molecule has 0 bridgehead atoms. The van der Waals surface area contributed by atoms with E-state index in [1.807, 2.05) is 0 Å². The minimum absolute atomic E-state index is 0.211. The van der Waals surface area contributed by atoms with Crippen LogP contribution in [0, 0.1) is 11.6 Å². The number of nitrogens with one attached hydrogen (secondary N) is 1. The summed E-state index contributed by atoms with van der Waals surface area (Å²) in [7, 11) is 0. The third-order valence-corrected chi connectivity index (χ3v) is 3.88. The van der Waals surface area contributed by atoms with Gasteiger partial charge < -0.3 is 10.1 Å². The molecule has 8 heteroatoms. The zero-order valence-electron chi connectivity index (χ0n) is 14.8. The maximum Gasteiger partial charge on any atom is 0.258 e. The van der Waals surface area contributed by atoms with Crippen molar-refractivity contribution in [1.29, 1.82) is 0 Å². The Labute approximate surface area is 159 Å². The quantitative estimate of drug-likeness (QED) is 0.678. The van der Waals surface area contributed by atoms with E-state index in [0.29, 0.717) is 17.0 Å². The Hall–Kier alpha value is -3.55. The van der Waals surface area contributed by atoms with E-state index in [1.54, 1.807) is 12.1 Å². The van der Waals surface area contributed by atoms with Crippen LogP contribution in [0.2, 0.25) is 0 Å².